The van der Waals surface area contributed by atoms with Crippen LogP contribution in [0.1, 0.15) is 70.0 Å². The monoisotopic (exact) mass is 417 g/mol. The second-order valence-corrected chi connectivity index (χ2v) is 9.56. The van der Waals surface area contributed by atoms with Crippen LogP contribution < -0.4 is 5.32 Å². The Morgan fingerprint density at radius 3 is 2.23 bits per heavy atom. The third-order valence-electron chi connectivity index (χ3n) is 5.17. The van der Waals surface area contributed by atoms with Gasteiger partial charge in [-0.2, -0.15) is 0 Å². The van der Waals surface area contributed by atoms with Crippen LogP contribution in [0.2, 0.25) is 0 Å². The molecule has 1 amide bonds. The van der Waals surface area contributed by atoms with E-state index >= 15 is 0 Å². The van der Waals surface area contributed by atoms with Gasteiger partial charge in [-0.15, -0.1) is 0 Å². The summed E-state index contributed by atoms with van der Waals surface area (Å²) in [5.41, 5.74) is 0.313. The molecule has 8 heteroatoms. The van der Waals surface area contributed by atoms with Crippen molar-refractivity contribution in [3.8, 4) is 0 Å². The van der Waals surface area contributed by atoms with Crippen molar-refractivity contribution in [2.45, 2.75) is 72.2 Å². The summed E-state index contributed by atoms with van der Waals surface area (Å²) in [6.07, 6.45) is 1.12. The Balaban J connectivity index is 2.39. The number of hydrogen-bond donors (Lipinski definition) is 2. The molecule has 0 unspecified atom stereocenters. The van der Waals surface area contributed by atoms with Gasteiger partial charge < -0.3 is 24.5 Å². The summed E-state index contributed by atoms with van der Waals surface area (Å²) >= 11 is 0. The van der Waals surface area contributed by atoms with E-state index in [9.17, 15) is 14.7 Å². The number of amides is 1. The van der Waals surface area contributed by atoms with Gasteiger partial charge in [0, 0.05) is 6.54 Å². The molecule has 1 aliphatic heterocycles. The lowest BCUT2D eigenvalue weighted by Crippen LogP contribution is -2.41. The molecule has 30 heavy (non-hydrogen) atoms. The van der Waals surface area contributed by atoms with Gasteiger partial charge >= 0.3 is 19.2 Å². The largest absolute Gasteiger partial charge is 0.492 e. The number of benzene rings is 1. The minimum atomic E-state index is -1.03. The van der Waals surface area contributed by atoms with Crippen molar-refractivity contribution in [2.24, 2.45) is 0 Å². The van der Waals surface area contributed by atoms with Crippen LogP contribution in [0, 0.1) is 6.92 Å². The zero-order chi connectivity index (χ0) is 22.9. The number of alkyl carbamates (subject to hydrolysis) is 1. The van der Waals surface area contributed by atoms with Crippen molar-refractivity contribution in [1.29, 1.82) is 0 Å². The van der Waals surface area contributed by atoms with E-state index in [1.807, 2.05) is 40.7 Å². The van der Waals surface area contributed by atoms with Crippen LogP contribution in [0.4, 0.5) is 4.79 Å². The van der Waals surface area contributed by atoms with Crippen molar-refractivity contribution < 1.29 is 28.7 Å². The van der Waals surface area contributed by atoms with Gasteiger partial charge in [0.15, 0.2) is 0 Å². The van der Waals surface area contributed by atoms with Crippen molar-refractivity contribution in [3.63, 3.8) is 0 Å². The number of rotatable bonds is 5. The molecule has 2 rings (SSSR count). The Hall–Kier alpha value is -2.32. The second-order valence-electron chi connectivity index (χ2n) is 9.56. The highest BCUT2D eigenvalue weighted by molar-refractivity contribution is 6.56. The lowest BCUT2D eigenvalue weighted by atomic mass is 9.76. The van der Waals surface area contributed by atoms with Crippen LogP contribution in [0.3, 0.4) is 0 Å². The maximum atomic E-state index is 12.2. The molecular formula is C22H32BNO6. The molecule has 0 aromatic heterocycles. The van der Waals surface area contributed by atoms with Gasteiger partial charge in [0.05, 0.1) is 16.8 Å². The molecule has 1 aromatic carbocycles. The third kappa shape index (κ3) is 5.86. The van der Waals surface area contributed by atoms with Crippen LogP contribution in [0.15, 0.2) is 23.7 Å². The van der Waals surface area contributed by atoms with Crippen LogP contribution in [-0.2, 0) is 14.0 Å². The Morgan fingerprint density at radius 1 is 1.17 bits per heavy atom. The van der Waals surface area contributed by atoms with Crippen LogP contribution >= 0.6 is 0 Å². The lowest BCUT2D eigenvalue weighted by molar-refractivity contribution is 0.00578. The van der Waals surface area contributed by atoms with E-state index in [-0.39, 0.29) is 12.1 Å². The predicted molar refractivity (Wildman–Crippen MR) is 116 cm³/mol. The van der Waals surface area contributed by atoms with Crippen molar-refractivity contribution >= 4 is 25.3 Å². The smallest absolute Gasteiger partial charge is 0.478 e. The minimum absolute atomic E-state index is 0.0820. The SMILES string of the molecule is Cc1ccc(C=C(CNC(=O)OC(C)(C)C)B2OC(C)(C)C(C)(C)O2)c(C(=O)O)c1. The summed E-state index contributed by atoms with van der Waals surface area (Å²) in [5, 5.41) is 12.3. The Labute approximate surface area is 178 Å². The number of ether oxygens (including phenoxy) is 1. The van der Waals surface area contributed by atoms with Crippen LogP contribution in [0.25, 0.3) is 6.08 Å². The Morgan fingerprint density at radius 2 is 1.73 bits per heavy atom. The number of aryl methyl sites for hydroxylation is 1. The average Bonchev–Trinajstić information content (AvgIpc) is 2.78. The number of aromatic carboxylic acids is 1. The highest BCUT2D eigenvalue weighted by Crippen LogP contribution is 2.38. The van der Waals surface area contributed by atoms with E-state index in [2.05, 4.69) is 5.32 Å². The molecule has 2 N–H and O–H groups in total. The number of carboxylic acids is 1. The Kier molecular flexibility index (Phi) is 6.74. The minimum Gasteiger partial charge on any atom is -0.478 e. The normalized spacial score (nSPS) is 18.3. The van der Waals surface area contributed by atoms with Gasteiger partial charge in [-0.1, -0.05) is 23.8 Å². The van der Waals surface area contributed by atoms with E-state index in [1.165, 1.54) is 0 Å². The third-order valence-corrected chi connectivity index (χ3v) is 5.17. The highest BCUT2D eigenvalue weighted by Gasteiger charge is 2.52. The lowest BCUT2D eigenvalue weighted by Gasteiger charge is -2.32. The number of carboxylic acid groups (broad SMARTS) is 1. The molecule has 0 radical (unpaired) electrons. The van der Waals surface area contributed by atoms with E-state index < -0.39 is 36.0 Å². The van der Waals surface area contributed by atoms with Gasteiger partial charge in [-0.05, 0) is 72.5 Å². The van der Waals surface area contributed by atoms with E-state index in [4.69, 9.17) is 14.0 Å². The molecule has 0 saturated carbocycles. The molecule has 0 bridgehead atoms. The zero-order valence-electron chi connectivity index (χ0n) is 19.1. The van der Waals surface area contributed by atoms with Gasteiger partial charge in [0.25, 0.3) is 0 Å². The molecule has 1 aromatic rings. The first kappa shape index (κ1) is 24.0. The molecule has 1 saturated heterocycles. The molecule has 164 valence electrons. The summed E-state index contributed by atoms with van der Waals surface area (Å²) in [4.78, 5) is 23.9. The zero-order valence-corrected chi connectivity index (χ0v) is 19.1. The molecule has 7 nitrogen and oxygen atoms in total. The summed E-state index contributed by atoms with van der Waals surface area (Å²) in [5.74, 6) is -1.03. The quantitative estimate of drug-likeness (QED) is 0.697. The van der Waals surface area contributed by atoms with Gasteiger partial charge in [0.1, 0.15) is 5.60 Å². The van der Waals surface area contributed by atoms with Gasteiger partial charge in [-0.3, -0.25) is 0 Å². The first-order valence-corrected chi connectivity index (χ1v) is 9.98. The summed E-state index contributed by atoms with van der Waals surface area (Å²) < 4.78 is 17.6. The van der Waals surface area contributed by atoms with E-state index in [0.29, 0.717) is 11.0 Å². The van der Waals surface area contributed by atoms with E-state index in [0.717, 1.165) is 5.56 Å². The van der Waals surface area contributed by atoms with Crippen molar-refractivity contribution in [2.75, 3.05) is 6.54 Å². The first-order chi connectivity index (χ1) is 13.6. The maximum Gasteiger partial charge on any atom is 0.492 e. The van der Waals surface area contributed by atoms with Crippen LogP contribution in [-0.4, -0.2) is 47.6 Å². The molecule has 1 heterocycles. The molecule has 1 aliphatic rings. The molecule has 0 aliphatic carbocycles. The molecule has 0 spiro atoms. The Bertz CT molecular complexity index is 838. The van der Waals surface area contributed by atoms with Crippen LogP contribution in [0.5, 0.6) is 0 Å². The topological polar surface area (TPSA) is 94.1 Å². The van der Waals surface area contributed by atoms with E-state index in [1.54, 1.807) is 39.0 Å². The summed E-state index contributed by atoms with van der Waals surface area (Å²) in [6, 6.07) is 5.18. The maximum absolute atomic E-state index is 12.2. The fourth-order valence-corrected chi connectivity index (χ4v) is 2.87. The molecular weight excluding hydrogens is 385 g/mol. The number of carbonyl (C=O) groups is 2. The first-order valence-electron chi connectivity index (χ1n) is 9.98. The number of hydrogen-bond acceptors (Lipinski definition) is 5. The highest BCUT2D eigenvalue weighted by atomic mass is 16.7. The van der Waals surface area contributed by atoms with Gasteiger partial charge in [0.2, 0.25) is 0 Å². The van der Waals surface area contributed by atoms with Gasteiger partial charge in [-0.25, -0.2) is 9.59 Å². The molecule has 1 fully saturated rings. The fraction of sp³-hybridized carbons (Fsp3) is 0.545. The van der Waals surface area contributed by atoms with Crippen molar-refractivity contribution in [1.82, 2.24) is 5.32 Å². The van der Waals surface area contributed by atoms with Crippen molar-refractivity contribution in [3.05, 3.63) is 40.4 Å². The second kappa shape index (κ2) is 8.43. The number of nitrogens with one attached hydrogen (secondary N) is 1. The summed E-state index contributed by atoms with van der Waals surface area (Å²) in [7, 11) is -0.743. The fourth-order valence-electron chi connectivity index (χ4n) is 2.87. The number of carbonyl (C=O) groups excluding carboxylic acids is 1. The predicted octanol–water partition coefficient (Wildman–Crippen LogP) is 4.23. The average molecular weight is 417 g/mol. The standard InChI is InChI=1S/C22H32BNO6/c1-14-9-10-15(17(11-14)18(25)26)12-16(13-24-19(27)28-20(2,3)4)23-29-21(5,6)22(7,8)30-23/h9-12H,13H2,1-8H3,(H,24,27)(H,25,26). The summed E-state index contributed by atoms with van der Waals surface area (Å²) in [6.45, 7) is 15.0. The molecule has 0 atom stereocenters.